The highest BCUT2D eigenvalue weighted by atomic mass is 35.5. The summed E-state index contributed by atoms with van der Waals surface area (Å²) >= 11 is 4.96. The third-order valence-corrected chi connectivity index (χ3v) is 7.99. The molecule has 0 aromatic carbocycles. The maximum atomic E-state index is 10.7. The van der Waals surface area contributed by atoms with Gasteiger partial charge in [-0.25, -0.2) is 0 Å². The van der Waals surface area contributed by atoms with Crippen LogP contribution in [0.4, 0.5) is 0 Å². The fourth-order valence-corrected chi connectivity index (χ4v) is 5.54. The topological polar surface area (TPSA) is 173 Å². The van der Waals surface area contributed by atoms with Gasteiger partial charge in [-0.05, 0) is 0 Å². The molecule has 92 valence electrons. The number of alkyl halides is 1. The fraction of sp³-hybridized carbons (Fsp3) is 1.00. The Bertz CT molecular complexity index is 349. The molecule has 0 spiro atoms. The standard InChI is InChI=1S/C2H8ClO9P3/c3-2(14(7,8)9,15(10,11)12)1-13(4,5)6/h1H2,(H2,4,5,6)(H2,7,8,9)(H2,10,11,12). The summed E-state index contributed by atoms with van der Waals surface area (Å²) in [5.41, 5.74) is 0. The highest BCUT2D eigenvalue weighted by molar-refractivity contribution is 7.76. The van der Waals surface area contributed by atoms with Crippen LogP contribution in [-0.4, -0.2) is 39.9 Å². The second-order valence-electron chi connectivity index (χ2n) is 2.63. The minimum Gasteiger partial charge on any atom is -0.324 e. The minimum absolute atomic E-state index is 1.82. The summed E-state index contributed by atoms with van der Waals surface area (Å²) in [5.74, 6) is 0. The fourth-order valence-electron chi connectivity index (χ4n) is 0.616. The second kappa shape index (κ2) is 4.20. The van der Waals surface area contributed by atoms with E-state index >= 15 is 0 Å². The van der Waals surface area contributed by atoms with Crippen molar-refractivity contribution in [3.05, 3.63) is 0 Å². The quantitative estimate of drug-likeness (QED) is 0.293. The van der Waals surface area contributed by atoms with Crippen LogP contribution < -0.4 is 0 Å². The Labute approximate surface area is 88.6 Å². The van der Waals surface area contributed by atoms with Crippen LogP contribution in [0.2, 0.25) is 0 Å². The molecule has 0 heterocycles. The first-order chi connectivity index (χ1) is 6.21. The van der Waals surface area contributed by atoms with E-state index in [1.165, 1.54) is 0 Å². The van der Waals surface area contributed by atoms with Gasteiger partial charge in [0.15, 0.2) is 0 Å². The predicted molar refractivity (Wildman–Crippen MR) is 49.6 cm³/mol. The molecule has 0 aliphatic carbocycles. The van der Waals surface area contributed by atoms with Gasteiger partial charge in [0, 0.05) is 0 Å². The zero-order valence-electron chi connectivity index (χ0n) is 6.83. The highest BCUT2D eigenvalue weighted by Gasteiger charge is 2.62. The lowest BCUT2D eigenvalue weighted by Crippen LogP contribution is -2.26. The predicted octanol–water partition coefficient (Wildman–Crippen LogP) is -0.588. The Hall–Kier alpha value is 0.740. The molecule has 0 bridgehead atoms. The Morgan fingerprint density at radius 2 is 1.13 bits per heavy atom. The summed E-state index contributed by atoms with van der Waals surface area (Å²) in [4.78, 5) is 51.2. The van der Waals surface area contributed by atoms with Crippen LogP contribution in [0.1, 0.15) is 0 Å². The van der Waals surface area contributed by atoms with Gasteiger partial charge in [-0.3, -0.25) is 13.7 Å². The Morgan fingerprint density at radius 1 is 0.867 bits per heavy atom. The van der Waals surface area contributed by atoms with Crippen molar-refractivity contribution in [3.63, 3.8) is 0 Å². The van der Waals surface area contributed by atoms with Gasteiger partial charge in [-0.15, -0.1) is 0 Å². The van der Waals surface area contributed by atoms with Crippen molar-refractivity contribution in [2.24, 2.45) is 0 Å². The normalized spacial score (nSPS) is 15.4. The van der Waals surface area contributed by atoms with Gasteiger partial charge < -0.3 is 29.4 Å². The van der Waals surface area contributed by atoms with Gasteiger partial charge in [0.1, 0.15) is 0 Å². The smallest absolute Gasteiger partial charge is 0.324 e. The minimum atomic E-state index is -5.60. The lowest BCUT2D eigenvalue weighted by molar-refractivity contribution is 0.324. The first-order valence-corrected chi connectivity index (χ1v) is 8.45. The molecule has 0 radical (unpaired) electrons. The third kappa shape index (κ3) is 3.91. The van der Waals surface area contributed by atoms with Gasteiger partial charge in [0.25, 0.3) is 4.36 Å². The Balaban J connectivity index is 5.57. The SMILES string of the molecule is O=P(O)(O)CC(Cl)(P(=O)(O)O)P(=O)(O)O. The lowest BCUT2D eigenvalue weighted by Gasteiger charge is -2.28. The zero-order chi connectivity index (χ0) is 12.7. The van der Waals surface area contributed by atoms with Crippen molar-refractivity contribution in [1.29, 1.82) is 0 Å². The van der Waals surface area contributed by atoms with Crippen molar-refractivity contribution in [3.8, 4) is 0 Å². The summed E-state index contributed by atoms with van der Waals surface area (Å²) in [5, 5.41) is 0. The summed E-state index contributed by atoms with van der Waals surface area (Å²) in [7, 11) is -16.3. The Kier molecular flexibility index (Phi) is 4.41. The van der Waals surface area contributed by atoms with Crippen LogP contribution in [-0.2, 0) is 13.7 Å². The van der Waals surface area contributed by atoms with E-state index in [1.54, 1.807) is 0 Å². The van der Waals surface area contributed by atoms with Crippen molar-refractivity contribution < 1.29 is 43.1 Å². The molecule has 15 heavy (non-hydrogen) atoms. The molecule has 0 saturated carbocycles. The summed E-state index contributed by atoms with van der Waals surface area (Å²) in [6.45, 7) is 0. The summed E-state index contributed by atoms with van der Waals surface area (Å²) in [6.07, 6.45) is -1.82. The highest BCUT2D eigenvalue weighted by Crippen LogP contribution is 2.74. The second-order valence-corrected chi connectivity index (χ2v) is 9.50. The van der Waals surface area contributed by atoms with Crippen molar-refractivity contribution in [2.75, 3.05) is 6.16 Å². The maximum Gasteiger partial charge on any atom is 0.359 e. The summed E-state index contributed by atoms with van der Waals surface area (Å²) < 4.78 is 28.3. The van der Waals surface area contributed by atoms with E-state index < -0.39 is 33.3 Å². The van der Waals surface area contributed by atoms with Gasteiger partial charge in [0.05, 0.1) is 6.16 Å². The average Bonchev–Trinajstić information content (AvgIpc) is 1.77. The van der Waals surface area contributed by atoms with Crippen LogP contribution >= 0.6 is 34.4 Å². The molecule has 0 amide bonds. The molecular weight excluding hydrogens is 296 g/mol. The first kappa shape index (κ1) is 15.7. The van der Waals surface area contributed by atoms with Crippen LogP contribution in [0.3, 0.4) is 0 Å². The molecule has 9 nitrogen and oxygen atoms in total. The van der Waals surface area contributed by atoms with E-state index in [0.29, 0.717) is 0 Å². The average molecular weight is 304 g/mol. The molecule has 0 aliphatic rings. The number of hydrogen-bond donors (Lipinski definition) is 6. The molecule has 13 heteroatoms. The van der Waals surface area contributed by atoms with Crippen molar-refractivity contribution in [1.82, 2.24) is 0 Å². The molecule has 0 rings (SSSR count). The maximum absolute atomic E-state index is 10.7. The lowest BCUT2D eigenvalue weighted by atomic mass is 10.9. The van der Waals surface area contributed by atoms with E-state index in [1.807, 2.05) is 0 Å². The molecule has 0 aliphatic heterocycles. The molecule has 0 aromatic rings. The zero-order valence-corrected chi connectivity index (χ0v) is 10.3. The molecule has 6 N–H and O–H groups in total. The Morgan fingerprint density at radius 3 is 1.20 bits per heavy atom. The van der Waals surface area contributed by atoms with E-state index in [9.17, 15) is 13.7 Å². The van der Waals surface area contributed by atoms with Crippen LogP contribution in [0, 0.1) is 0 Å². The van der Waals surface area contributed by atoms with E-state index in [2.05, 4.69) is 0 Å². The van der Waals surface area contributed by atoms with Crippen molar-refractivity contribution >= 4 is 34.4 Å². The van der Waals surface area contributed by atoms with Gasteiger partial charge >= 0.3 is 22.8 Å². The van der Waals surface area contributed by atoms with E-state index in [4.69, 9.17) is 41.0 Å². The van der Waals surface area contributed by atoms with Gasteiger partial charge in [-0.1, -0.05) is 11.6 Å². The monoisotopic (exact) mass is 304 g/mol. The molecule has 0 fully saturated rings. The molecule has 0 unspecified atom stereocenters. The molecule has 0 aromatic heterocycles. The third-order valence-electron chi connectivity index (χ3n) is 1.30. The number of rotatable bonds is 4. The molecule has 0 saturated heterocycles. The first-order valence-electron chi connectivity index (χ1n) is 3.05. The largest absolute Gasteiger partial charge is 0.359 e. The van der Waals surface area contributed by atoms with Crippen LogP contribution in [0.25, 0.3) is 0 Å². The number of halogens is 1. The summed E-state index contributed by atoms with van der Waals surface area (Å²) in [6, 6.07) is 0. The molecule has 0 atom stereocenters. The van der Waals surface area contributed by atoms with E-state index in [-0.39, 0.29) is 0 Å². The van der Waals surface area contributed by atoms with Gasteiger partial charge in [0.2, 0.25) is 0 Å². The van der Waals surface area contributed by atoms with Crippen LogP contribution in [0.5, 0.6) is 0 Å². The van der Waals surface area contributed by atoms with E-state index in [0.717, 1.165) is 0 Å². The number of hydrogen-bond acceptors (Lipinski definition) is 3. The molecular formula is C2H8ClO9P3. The van der Waals surface area contributed by atoms with Crippen LogP contribution in [0.15, 0.2) is 0 Å². The van der Waals surface area contributed by atoms with Gasteiger partial charge in [-0.2, -0.15) is 0 Å². The van der Waals surface area contributed by atoms with Crippen molar-refractivity contribution in [2.45, 2.75) is 4.36 Å².